The van der Waals surface area contributed by atoms with Crippen LogP contribution in [0.15, 0.2) is 30.3 Å². The lowest BCUT2D eigenvalue weighted by atomic mass is 9.86. The van der Waals surface area contributed by atoms with Crippen LogP contribution in [0.4, 0.5) is 11.6 Å². The second-order valence-corrected chi connectivity index (χ2v) is 7.25. The third-order valence-corrected chi connectivity index (χ3v) is 3.88. The Balaban J connectivity index is 2.22. The molecule has 0 radical (unpaired) electrons. The van der Waals surface area contributed by atoms with Crippen molar-refractivity contribution in [3.8, 4) is 0 Å². The molecular weight excluding hydrogens is 312 g/mol. The van der Waals surface area contributed by atoms with Crippen LogP contribution in [-0.4, -0.2) is 22.4 Å². The Hall–Kier alpha value is -2.43. The van der Waals surface area contributed by atoms with Gasteiger partial charge in [0.25, 0.3) is 5.91 Å². The molecule has 2 aromatic rings. The number of aryl methyl sites for hydroxylation is 1. The van der Waals surface area contributed by atoms with Crippen molar-refractivity contribution < 1.29 is 4.79 Å². The monoisotopic (exact) mass is 340 g/mol. The molecule has 1 aromatic carbocycles. The number of benzene rings is 1. The minimum atomic E-state index is -0.222. The summed E-state index contributed by atoms with van der Waals surface area (Å²) in [5, 5.41) is 6.18. The van der Waals surface area contributed by atoms with Crippen molar-refractivity contribution in [3.63, 3.8) is 0 Å². The molecule has 0 aliphatic heterocycles. The van der Waals surface area contributed by atoms with Gasteiger partial charge in [0.2, 0.25) is 5.95 Å². The summed E-state index contributed by atoms with van der Waals surface area (Å²) < 4.78 is 0. The van der Waals surface area contributed by atoms with Gasteiger partial charge in [-0.2, -0.15) is 0 Å². The van der Waals surface area contributed by atoms with Gasteiger partial charge >= 0.3 is 0 Å². The fourth-order valence-corrected chi connectivity index (χ4v) is 2.57. The highest BCUT2D eigenvalue weighted by Crippen LogP contribution is 2.29. The maximum atomic E-state index is 12.7. The molecule has 0 spiro atoms. The lowest BCUT2D eigenvalue weighted by Gasteiger charge is -2.23. The van der Waals surface area contributed by atoms with Crippen LogP contribution in [0, 0.1) is 6.92 Å². The van der Waals surface area contributed by atoms with Crippen molar-refractivity contribution >= 4 is 17.5 Å². The molecule has 0 aliphatic carbocycles. The molecule has 25 heavy (non-hydrogen) atoms. The van der Waals surface area contributed by atoms with Gasteiger partial charge in [-0.15, -0.1) is 0 Å². The number of hydrogen-bond acceptors (Lipinski definition) is 4. The summed E-state index contributed by atoms with van der Waals surface area (Å²) in [6, 6.07) is 9.58. The van der Waals surface area contributed by atoms with E-state index in [1.165, 1.54) is 0 Å². The molecule has 0 unspecified atom stereocenters. The molecule has 2 N–H and O–H groups in total. The van der Waals surface area contributed by atoms with E-state index < -0.39 is 0 Å². The van der Waals surface area contributed by atoms with Gasteiger partial charge in [0.15, 0.2) is 0 Å². The van der Waals surface area contributed by atoms with Crippen molar-refractivity contribution in [2.75, 3.05) is 17.2 Å². The van der Waals surface area contributed by atoms with Crippen molar-refractivity contribution in [1.29, 1.82) is 0 Å². The third-order valence-electron chi connectivity index (χ3n) is 3.88. The summed E-state index contributed by atoms with van der Waals surface area (Å²) in [5.41, 5.74) is 2.99. The highest BCUT2D eigenvalue weighted by atomic mass is 16.1. The number of nitrogens with one attached hydrogen (secondary N) is 2. The van der Waals surface area contributed by atoms with Crippen molar-refractivity contribution in [1.82, 2.24) is 9.97 Å². The van der Waals surface area contributed by atoms with E-state index in [1.807, 2.05) is 31.2 Å². The lowest BCUT2D eigenvalue weighted by Crippen LogP contribution is -2.20. The Morgan fingerprint density at radius 1 is 1.16 bits per heavy atom. The molecule has 1 heterocycles. The Labute approximate surface area is 150 Å². The Kier molecular flexibility index (Phi) is 6.12. The van der Waals surface area contributed by atoms with E-state index in [0.29, 0.717) is 11.6 Å². The molecule has 0 fully saturated rings. The van der Waals surface area contributed by atoms with Crippen molar-refractivity contribution in [2.24, 2.45) is 0 Å². The van der Waals surface area contributed by atoms with Gasteiger partial charge in [0.1, 0.15) is 5.69 Å². The van der Waals surface area contributed by atoms with E-state index in [-0.39, 0.29) is 11.3 Å². The highest BCUT2D eigenvalue weighted by Gasteiger charge is 2.19. The maximum Gasteiger partial charge on any atom is 0.274 e. The fourth-order valence-electron chi connectivity index (χ4n) is 2.57. The van der Waals surface area contributed by atoms with E-state index in [2.05, 4.69) is 48.3 Å². The number of carbonyl (C=O) groups excluding carboxylic acids is 1. The Bertz CT molecular complexity index is 735. The SMILES string of the molecule is CCCCNc1nc(C)cc(C(=O)Nc2ccccc2C(C)(C)C)n1. The fraction of sp³-hybridized carbons (Fsp3) is 0.450. The molecule has 2 rings (SSSR count). The van der Waals surface area contributed by atoms with Gasteiger partial charge in [0, 0.05) is 17.9 Å². The first-order valence-electron chi connectivity index (χ1n) is 8.81. The zero-order valence-electron chi connectivity index (χ0n) is 15.8. The maximum absolute atomic E-state index is 12.7. The predicted molar refractivity (Wildman–Crippen MR) is 103 cm³/mol. The first-order chi connectivity index (χ1) is 11.8. The van der Waals surface area contributed by atoms with Gasteiger partial charge in [-0.3, -0.25) is 4.79 Å². The van der Waals surface area contributed by atoms with Crippen LogP contribution in [0.2, 0.25) is 0 Å². The van der Waals surface area contributed by atoms with Crippen molar-refractivity contribution in [2.45, 2.75) is 52.9 Å². The topological polar surface area (TPSA) is 66.9 Å². The van der Waals surface area contributed by atoms with E-state index in [0.717, 1.165) is 36.3 Å². The second kappa shape index (κ2) is 8.10. The third kappa shape index (κ3) is 5.28. The zero-order chi connectivity index (χ0) is 18.4. The predicted octanol–water partition coefficient (Wildman–Crippen LogP) is 4.55. The number of para-hydroxylation sites is 1. The number of amides is 1. The minimum Gasteiger partial charge on any atom is -0.354 e. The average Bonchev–Trinajstić information content (AvgIpc) is 2.54. The lowest BCUT2D eigenvalue weighted by molar-refractivity contribution is 0.102. The molecule has 0 aliphatic rings. The van der Waals surface area contributed by atoms with Crippen LogP contribution >= 0.6 is 0 Å². The largest absolute Gasteiger partial charge is 0.354 e. The van der Waals surface area contributed by atoms with E-state index in [1.54, 1.807) is 6.07 Å². The number of anilines is 2. The summed E-state index contributed by atoms with van der Waals surface area (Å²) in [6.07, 6.45) is 2.13. The van der Waals surface area contributed by atoms with Crippen LogP contribution in [0.3, 0.4) is 0 Å². The second-order valence-electron chi connectivity index (χ2n) is 7.25. The van der Waals surface area contributed by atoms with Crippen LogP contribution in [-0.2, 0) is 5.41 Å². The van der Waals surface area contributed by atoms with Gasteiger partial charge in [-0.25, -0.2) is 9.97 Å². The molecule has 0 saturated heterocycles. The molecule has 0 saturated carbocycles. The number of rotatable bonds is 6. The number of carbonyl (C=O) groups is 1. The van der Waals surface area contributed by atoms with Gasteiger partial charge in [-0.05, 0) is 36.5 Å². The van der Waals surface area contributed by atoms with Crippen molar-refractivity contribution in [3.05, 3.63) is 47.3 Å². The Morgan fingerprint density at radius 3 is 2.56 bits per heavy atom. The van der Waals surface area contributed by atoms with Crippen LogP contribution in [0.1, 0.15) is 62.3 Å². The van der Waals surface area contributed by atoms with E-state index in [4.69, 9.17) is 0 Å². The van der Waals surface area contributed by atoms with Gasteiger partial charge in [-0.1, -0.05) is 52.3 Å². The van der Waals surface area contributed by atoms with Gasteiger partial charge in [0.05, 0.1) is 0 Å². The summed E-state index contributed by atoms with van der Waals surface area (Å²) in [5.74, 6) is 0.281. The zero-order valence-corrected chi connectivity index (χ0v) is 15.8. The molecule has 0 bridgehead atoms. The summed E-state index contributed by atoms with van der Waals surface area (Å²) in [4.78, 5) is 21.4. The molecule has 5 heteroatoms. The molecule has 134 valence electrons. The number of hydrogen-bond donors (Lipinski definition) is 2. The Morgan fingerprint density at radius 2 is 1.88 bits per heavy atom. The molecule has 1 amide bonds. The molecule has 5 nitrogen and oxygen atoms in total. The smallest absolute Gasteiger partial charge is 0.274 e. The number of nitrogens with zero attached hydrogens (tertiary/aromatic N) is 2. The summed E-state index contributed by atoms with van der Waals surface area (Å²) in [6.45, 7) is 11.2. The molecule has 0 atom stereocenters. The van der Waals surface area contributed by atoms with Crippen LogP contribution in [0.5, 0.6) is 0 Å². The first-order valence-corrected chi connectivity index (χ1v) is 8.81. The number of unbranched alkanes of at least 4 members (excludes halogenated alkanes) is 1. The van der Waals surface area contributed by atoms with Crippen LogP contribution in [0.25, 0.3) is 0 Å². The van der Waals surface area contributed by atoms with E-state index >= 15 is 0 Å². The average molecular weight is 340 g/mol. The standard InChI is InChI=1S/C20H28N4O/c1-6-7-12-21-19-22-14(2)13-17(24-19)18(25)23-16-11-9-8-10-15(16)20(3,4)5/h8-11,13H,6-7,12H2,1-5H3,(H,23,25)(H,21,22,24). The quantitative estimate of drug-likeness (QED) is 0.757. The summed E-state index contributed by atoms with van der Waals surface area (Å²) in [7, 11) is 0. The normalized spacial score (nSPS) is 11.2. The number of aromatic nitrogens is 2. The molecular formula is C20H28N4O. The first kappa shape index (κ1) is 18.9. The van der Waals surface area contributed by atoms with Crippen LogP contribution < -0.4 is 10.6 Å². The minimum absolute atomic E-state index is 0.0572. The highest BCUT2D eigenvalue weighted by molar-refractivity contribution is 6.03. The molecule has 1 aromatic heterocycles. The summed E-state index contributed by atoms with van der Waals surface area (Å²) >= 11 is 0. The van der Waals surface area contributed by atoms with Gasteiger partial charge < -0.3 is 10.6 Å². The van der Waals surface area contributed by atoms with E-state index in [9.17, 15) is 4.79 Å².